The molecule has 8 heteroatoms. The van der Waals surface area contributed by atoms with E-state index >= 15 is 0 Å². The molecule has 0 unspecified atom stereocenters. The van der Waals surface area contributed by atoms with Crippen LogP contribution in [0.5, 0.6) is 0 Å². The third-order valence-electron chi connectivity index (χ3n) is 5.23. The molecule has 7 nitrogen and oxygen atoms in total. The Labute approximate surface area is 179 Å². The predicted molar refractivity (Wildman–Crippen MR) is 120 cm³/mol. The second kappa shape index (κ2) is 10.7. The van der Waals surface area contributed by atoms with Crippen LogP contribution in [0.4, 0.5) is 0 Å². The first-order valence-electron chi connectivity index (χ1n) is 9.84. The zero-order valence-electron chi connectivity index (χ0n) is 18.2. The molecule has 0 bridgehead atoms. The smallest absolute Gasteiger partial charge is 0.261 e. The first-order valence-corrected chi connectivity index (χ1v) is 11.8. The SMILES string of the molecule is COC(OC)[C@H](O)[C@H](CO[Si](c1ccccc1)(c1ccccc1)C(C)(C)C)N=[N+]=[N-]. The molecule has 0 amide bonds. The molecule has 0 aromatic heterocycles. The van der Waals surface area contributed by atoms with E-state index in [0.29, 0.717) is 0 Å². The summed E-state index contributed by atoms with van der Waals surface area (Å²) in [5, 5.41) is 16.4. The van der Waals surface area contributed by atoms with Gasteiger partial charge in [-0.15, -0.1) is 0 Å². The zero-order chi connectivity index (χ0) is 22.2. The van der Waals surface area contributed by atoms with Crippen molar-refractivity contribution in [3.8, 4) is 0 Å². The fourth-order valence-electron chi connectivity index (χ4n) is 3.79. The number of aliphatic hydroxyl groups excluding tert-OH is 1. The van der Waals surface area contributed by atoms with E-state index in [1.807, 2.05) is 36.4 Å². The molecule has 2 aromatic rings. The molecule has 0 heterocycles. The van der Waals surface area contributed by atoms with Gasteiger partial charge in [0, 0.05) is 25.7 Å². The Morgan fingerprint density at radius 2 is 1.43 bits per heavy atom. The molecule has 2 atom stereocenters. The van der Waals surface area contributed by atoms with E-state index in [1.54, 1.807) is 0 Å². The van der Waals surface area contributed by atoms with Crippen molar-refractivity contribution in [3.63, 3.8) is 0 Å². The Kier molecular flexibility index (Phi) is 8.61. The van der Waals surface area contributed by atoms with Crippen molar-refractivity contribution >= 4 is 18.7 Å². The van der Waals surface area contributed by atoms with E-state index in [4.69, 9.17) is 19.4 Å². The summed E-state index contributed by atoms with van der Waals surface area (Å²) in [6, 6.07) is 19.4. The molecule has 0 aliphatic carbocycles. The van der Waals surface area contributed by atoms with Crippen LogP contribution < -0.4 is 10.4 Å². The molecule has 2 rings (SSSR count). The molecule has 0 spiro atoms. The molecule has 0 saturated carbocycles. The van der Waals surface area contributed by atoms with Gasteiger partial charge in [-0.2, -0.15) is 0 Å². The first-order chi connectivity index (χ1) is 14.3. The fraction of sp³-hybridized carbons (Fsp3) is 0.455. The second-order valence-electron chi connectivity index (χ2n) is 8.08. The van der Waals surface area contributed by atoms with E-state index in [2.05, 4.69) is 55.1 Å². The highest BCUT2D eigenvalue weighted by Gasteiger charge is 2.50. The van der Waals surface area contributed by atoms with Gasteiger partial charge in [0.15, 0.2) is 6.29 Å². The molecule has 1 N–H and O–H groups in total. The van der Waals surface area contributed by atoms with Crippen LogP contribution in [-0.4, -0.2) is 52.7 Å². The summed E-state index contributed by atoms with van der Waals surface area (Å²) in [5.41, 5.74) is 9.06. The molecular weight excluding hydrogens is 398 g/mol. The van der Waals surface area contributed by atoms with E-state index in [1.165, 1.54) is 14.2 Å². The summed E-state index contributed by atoms with van der Waals surface area (Å²) in [4.78, 5) is 2.91. The number of nitrogens with zero attached hydrogens (tertiary/aromatic N) is 3. The zero-order valence-corrected chi connectivity index (χ0v) is 19.2. The van der Waals surface area contributed by atoms with Gasteiger partial charge >= 0.3 is 0 Å². The molecule has 0 radical (unpaired) electrons. The van der Waals surface area contributed by atoms with Gasteiger partial charge < -0.3 is 19.0 Å². The van der Waals surface area contributed by atoms with Gasteiger partial charge in [-0.3, -0.25) is 0 Å². The monoisotopic (exact) mass is 429 g/mol. The maximum Gasteiger partial charge on any atom is 0.261 e. The maximum absolute atomic E-state index is 10.7. The topological polar surface area (TPSA) is 96.7 Å². The van der Waals surface area contributed by atoms with Crippen LogP contribution in [-0.2, 0) is 13.9 Å². The lowest BCUT2D eigenvalue weighted by Gasteiger charge is -2.43. The predicted octanol–water partition coefficient (Wildman–Crippen LogP) is 3.22. The lowest BCUT2D eigenvalue weighted by molar-refractivity contribution is -0.171. The third-order valence-corrected chi connectivity index (χ3v) is 10.2. The fourth-order valence-corrected chi connectivity index (χ4v) is 8.37. The highest BCUT2D eigenvalue weighted by Crippen LogP contribution is 2.37. The number of aliphatic hydroxyl groups is 1. The number of rotatable bonds is 10. The van der Waals surface area contributed by atoms with Gasteiger partial charge in [0.25, 0.3) is 8.32 Å². The van der Waals surface area contributed by atoms with Gasteiger partial charge in [-0.05, 0) is 20.9 Å². The van der Waals surface area contributed by atoms with Crippen LogP contribution in [0.15, 0.2) is 65.8 Å². The third kappa shape index (κ3) is 5.10. The Balaban J connectivity index is 2.53. The summed E-state index contributed by atoms with van der Waals surface area (Å²) in [5.74, 6) is 0. The van der Waals surface area contributed by atoms with Gasteiger partial charge in [-0.25, -0.2) is 0 Å². The summed E-state index contributed by atoms with van der Waals surface area (Å²) in [7, 11) is 0.0301. The van der Waals surface area contributed by atoms with Crippen molar-refractivity contribution in [2.75, 3.05) is 20.8 Å². The number of hydrogen-bond acceptors (Lipinski definition) is 5. The standard InChI is InChI=1S/C22H31N3O4Si/c1-22(2,3)30(17-12-8-6-9-13-17,18-14-10-7-11-15-18)29-16-19(24-25-23)20(26)21(27-4)28-5/h6-15,19-21,26H,16H2,1-5H3/t19-,20+/m0/s1. The van der Waals surface area contributed by atoms with Crippen molar-refractivity contribution in [2.24, 2.45) is 5.11 Å². The van der Waals surface area contributed by atoms with Crippen LogP contribution in [0.1, 0.15) is 20.8 Å². The Morgan fingerprint density at radius 3 is 1.80 bits per heavy atom. The van der Waals surface area contributed by atoms with Gasteiger partial charge in [-0.1, -0.05) is 86.5 Å². The normalized spacial score (nSPS) is 14.2. The minimum absolute atomic E-state index is 0.0295. The molecule has 0 aliphatic rings. The summed E-state index contributed by atoms with van der Waals surface area (Å²) in [6.45, 7) is 6.50. The summed E-state index contributed by atoms with van der Waals surface area (Å²) in [6.07, 6.45) is -2.10. The molecule has 0 aliphatic heterocycles. The van der Waals surface area contributed by atoms with Crippen LogP contribution in [0.3, 0.4) is 0 Å². The van der Waals surface area contributed by atoms with E-state index in [9.17, 15) is 5.11 Å². The molecule has 162 valence electrons. The van der Waals surface area contributed by atoms with Crippen molar-refractivity contribution in [1.29, 1.82) is 0 Å². The van der Waals surface area contributed by atoms with Crippen molar-refractivity contribution in [1.82, 2.24) is 0 Å². The molecule has 30 heavy (non-hydrogen) atoms. The average Bonchev–Trinajstić information content (AvgIpc) is 2.74. The Morgan fingerprint density at radius 1 is 0.967 bits per heavy atom. The lowest BCUT2D eigenvalue weighted by Crippen LogP contribution is -2.67. The highest BCUT2D eigenvalue weighted by atomic mass is 28.4. The molecular formula is C22H31N3O4Si. The Hall–Kier alpha value is -2.19. The lowest BCUT2D eigenvalue weighted by atomic mass is 10.2. The minimum atomic E-state index is -2.82. The molecule has 2 aromatic carbocycles. The van der Waals surface area contributed by atoms with E-state index in [0.717, 1.165) is 10.4 Å². The first kappa shape index (κ1) is 24.1. The number of ether oxygens (including phenoxy) is 2. The Bertz CT molecular complexity index is 780. The van der Waals surface area contributed by atoms with Crippen molar-refractivity contribution < 1.29 is 19.0 Å². The van der Waals surface area contributed by atoms with Crippen molar-refractivity contribution in [2.45, 2.75) is 44.2 Å². The largest absolute Gasteiger partial charge is 0.407 e. The number of methoxy groups -OCH3 is 2. The van der Waals surface area contributed by atoms with Crippen molar-refractivity contribution in [3.05, 3.63) is 71.1 Å². The number of azide groups is 1. The maximum atomic E-state index is 10.7. The second-order valence-corrected chi connectivity index (χ2v) is 12.4. The van der Waals surface area contributed by atoms with Gasteiger partial charge in [0.05, 0.1) is 6.04 Å². The highest BCUT2D eigenvalue weighted by molar-refractivity contribution is 6.99. The molecule has 0 saturated heterocycles. The van der Waals surface area contributed by atoms with Gasteiger partial charge in [0.2, 0.25) is 0 Å². The van der Waals surface area contributed by atoms with E-state index in [-0.39, 0.29) is 11.6 Å². The van der Waals surface area contributed by atoms with Crippen LogP contribution >= 0.6 is 0 Å². The van der Waals surface area contributed by atoms with Crippen LogP contribution in [0, 0.1) is 0 Å². The summed E-state index contributed by atoms with van der Waals surface area (Å²) < 4.78 is 17.1. The van der Waals surface area contributed by atoms with Gasteiger partial charge in [0.1, 0.15) is 6.10 Å². The quantitative estimate of drug-likeness (QED) is 0.206. The minimum Gasteiger partial charge on any atom is -0.407 e. The summed E-state index contributed by atoms with van der Waals surface area (Å²) >= 11 is 0. The number of hydrogen-bond donors (Lipinski definition) is 1. The average molecular weight is 430 g/mol. The number of benzene rings is 2. The molecule has 0 fully saturated rings. The van der Waals surface area contributed by atoms with Crippen LogP contribution in [0.2, 0.25) is 5.04 Å². The van der Waals surface area contributed by atoms with Crippen LogP contribution in [0.25, 0.3) is 10.4 Å². The van der Waals surface area contributed by atoms with E-state index < -0.39 is 26.8 Å².